The number of halogens is 3. The number of aromatic nitrogens is 2. The molecule has 34 heavy (non-hydrogen) atoms. The summed E-state index contributed by atoms with van der Waals surface area (Å²) in [5, 5.41) is 7.72. The minimum Gasteiger partial charge on any atom is -0.370 e. The van der Waals surface area contributed by atoms with Crippen LogP contribution in [-0.2, 0) is 11.3 Å². The molecule has 4 rings (SSSR count). The molecule has 1 aliphatic heterocycles. The van der Waals surface area contributed by atoms with E-state index in [1.54, 1.807) is 6.07 Å². The zero-order valence-corrected chi connectivity index (χ0v) is 22.1. The SMILES string of the molecule is CC1CCN(c2cc3nc(Nc4c(Cl)ccc(CNC(=O)C(C)(C)C)c4Cl)[nH]c3cc2Cl)CC1. The molecule has 1 aliphatic rings. The summed E-state index contributed by atoms with van der Waals surface area (Å²) in [7, 11) is 0. The van der Waals surface area contributed by atoms with Gasteiger partial charge >= 0.3 is 0 Å². The highest BCUT2D eigenvalue weighted by Gasteiger charge is 2.22. The summed E-state index contributed by atoms with van der Waals surface area (Å²) in [6.45, 7) is 10.2. The highest BCUT2D eigenvalue weighted by atomic mass is 35.5. The number of anilines is 3. The van der Waals surface area contributed by atoms with E-state index in [9.17, 15) is 4.79 Å². The summed E-state index contributed by atoms with van der Waals surface area (Å²) in [5.41, 5.74) is 3.43. The summed E-state index contributed by atoms with van der Waals surface area (Å²) < 4.78 is 0. The molecule has 1 amide bonds. The standard InChI is InChI=1S/C25H30Cl3N5O/c1-14-7-9-33(10-8-14)20-12-19-18(11-17(20)27)30-24(31-19)32-22-16(26)6-5-15(21(22)28)13-29-23(34)25(2,3)4/h5-6,11-12,14H,7-10,13H2,1-4H3,(H,29,34)(H2,30,31,32). The fraction of sp³-hybridized carbons (Fsp3) is 0.440. The molecule has 1 fully saturated rings. The maximum atomic E-state index is 12.3. The molecule has 3 aromatic rings. The molecule has 1 aromatic heterocycles. The van der Waals surface area contributed by atoms with Crippen LogP contribution < -0.4 is 15.5 Å². The van der Waals surface area contributed by atoms with E-state index >= 15 is 0 Å². The van der Waals surface area contributed by atoms with Crippen molar-refractivity contribution < 1.29 is 4.79 Å². The molecule has 0 aliphatic carbocycles. The number of hydrogen-bond donors (Lipinski definition) is 3. The molecule has 0 unspecified atom stereocenters. The molecular weight excluding hydrogens is 493 g/mol. The molecule has 1 saturated heterocycles. The van der Waals surface area contributed by atoms with Gasteiger partial charge < -0.3 is 20.5 Å². The van der Waals surface area contributed by atoms with Crippen molar-refractivity contribution in [1.82, 2.24) is 15.3 Å². The lowest BCUT2D eigenvalue weighted by atomic mass is 9.95. The van der Waals surface area contributed by atoms with E-state index in [0.717, 1.165) is 54.1 Å². The number of aromatic amines is 1. The first-order chi connectivity index (χ1) is 16.0. The number of carbonyl (C=O) groups excluding carboxylic acids is 1. The van der Waals surface area contributed by atoms with E-state index in [2.05, 4.69) is 27.4 Å². The summed E-state index contributed by atoms with van der Waals surface area (Å²) in [4.78, 5) is 22.5. The first-order valence-corrected chi connectivity index (χ1v) is 12.6. The highest BCUT2D eigenvalue weighted by Crippen LogP contribution is 2.37. The van der Waals surface area contributed by atoms with Crippen LogP contribution in [0.4, 0.5) is 17.3 Å². The zero-order chi connectivity index (χ0) is 24.6. The number of rotatable bonds is 5. The largest absolute Gasteiger partial charge is 0.370 e. The predicted octanol–water partition coefficient (Wildman–Crippen LogP) is 7.17. The number of imidazole rings is 1. The van der Waals surface area contributed by atoms with Crippen LogP contribution in [-0.4, -0.2) is 29.0 Å². The Morgan fingerprint density at radius 3 is 2.53 bits per heavy atom. The van der Waals surface area contributed by atoms with Gasteiger partial charge in [0.05, 0.1) is 37.5 Å². The number of benzene rings is 2. The number of hydrogen-bond acceptors (Lipinski definition) is 4. The second-order valence-corrected chi connectivity index (χ2v) is 11.2. The zero-order valence-electron chi connectivity index (χ0n) is 19.9. The van der Waals surface area contributed by atoms with Crippen LogP contribution in [0.3, 0.4) is 0 Å². The summed E-state index contributed by atoms with van der Waals surface area (Å²) >= 11 is 19.7. The first kappa shape index (κ1) is 25.0. The van der Waals surface area contributed by atoms with Crippen LogP contribution in [0.5, 0.6) is 0 Å². The van der Waals surface area contributed by atoms with Crippen molar-refractivity contribution in [2.45, 2.75) is 47.1 Å². The summed E-state index contributed by atoms with van der Waals surface area (Å²) in [6, 6.07) is 7.49. The van der Waals surface area contributed by atoms with Crippen molar-refractivity contribution in [3.8, 4) is 0 Å². The molecule has 9 heteroatoms. The summed E-state index contributed by atoms with van der Waals surface area (Å²) in [5.74, 6) is 1.20. The van der Waals surface area contributed by atoms with Gasteiger partial charge in [-0.25, -0.2) is 4.98 Å². The molecule has 0 spiro atoms. The van der Waals surface area contributed by atoms with E-state index in [4.69, 9.17) is 39.8 Å². The molecule has 0 atom stereocenters. The van der Waals surface area contributed by atoms with Gasteiger partial charge in [0.15, 0.2) is 0 Å². The van der Waals surface area contributed by atoms with Crippen molar-refractivity contribution in [2.75, 3.05) is 23.3 Å². The van der Waals surface area contributed by atoms with E-state index in [1.165, 1.54) is 0 Å². The Balaban J connectivity index is 1.57. The predicted molar refractivity (Wildman–Crippen MR) is 143 cm³/mol. The van der Waals surface area contributed by atoms with Gasteiger partial charge in [-0.1, -0.05) is 68.6 Å². The third-order valence-electron chi connectivity index (χ3n) is 6.21. The van der Waals surface area contributed by atoms with Crippen LogP contribution in [0.2, 0.25) is 15.1 Å². The van der Waals surface area contributed by atoms with Crippen LogP contribution in [0, 0.1) is 11.3 Å². The quantitative estimate of drug-likeness (QED) is 0.332. The highest BCUT2D eigenvalue weighted by molar-refractivity contribution is 6.39. The van der Waals surface area contributed by atoms with Gasteiger partial charge in [-0.05, 0) is 42.5 Å². The van der Waals surface area contributed by atoms with Crippen LogP contribution in [0.15, 0.2) is 24.3 Å². The molecule has 2 aromatic carbocycles. The third kappa shape index (κ3) is 5.40. The Labute approximate surface area is 215 Å². The Bertz CT molecular complexity index is 1210. The molecule has 0 saturated carbocycles. The van der Waals surface area contributed by atoms with Crippen molar-refractivity contribution in [3.63, 3.8) is 0 Å². The molecule has 2 heterocycles. The smallest absolute Gasteiger partial charge is 0.225 e. The maximum Gasteiger partial charge on any atom is 0.225 e. The Morgan fingerprint density at radius 1 is 1.15 bits per heavy atom. The Morgan fingerprint density at radius 2 is 1.85 bits per heavy atom. The van der Waals surface area contributed by atoms with Crippen molar-refractivity contribution >= 4 is 69.1 Å². The average Bonchev–Trinajstić information content (AvgIpc) is 3.16. The number of carbonyl (C=O) groups is 1. The number of amides is 1. The normalized spacial score (nSPS) is 15.1. The minimum absolute atomic E-state index is 0.0545. The van der Waals surface area contributed by atoms with Gasteiger partial charge in [-0.2, -0.15) is 0 Å². The Kier molecular flexibility index (Phi) is 7.22. The van der Waals surface area contributed by atoms with E-state index in [-0.39, 0.29) is 5.91 Å². The molecule has 3 N–H and O–H groups in total. The minimum atomic E-state index is -0.485. The summed E-state index contributed by atoms with van der Waals surface area (Å²) in [6.07, 6.45) is 2.32. The van der Waals surface area contributed by atoms with Gasteiger partial charge in [-0.3, -0.25) is 4.79 Å². The number of piperidine rings is 1. The molecule has 0 radical (unpaired) electrons. The van der Waals surface area contributed by atoms with Gasteiger partial charge in [0.1, 0.15) is 0 Å². The lowest BCUT2D eigenvalue weighted by Crippen LogP contribution is -2.34. The lowest BCUT2D eigenvalue weighted by Gasteiger charge is -2.32. The molecule has 6 nitrogen and oxygen atoms in total. The van der Waals surface area contributed by atoms with Gasteiger partial charge in [0.25, 0.3) is 0 Å². The van der Waals surface area contributed by atoms with Crippen molar-refractivity contribution in [2.24, 2.45) is 11.3 Å². The van der Waals surface area contributed by atoms with Gasteiger partial charge in [-0.15, -0.1) is 0 Å². The molecule has 182 valence electrons. The fourth-order valence-corrected chi connectivity index (χ4v) is 4.79. The fourth-order valence-electron chi connectivity index (χ4n) is 3.98. The second-order valence-electron chi connectivity index (χ2n) is 10.0. The topological polar surface area (TPSA) is 73.1 Å². The maximum absolute atomic E-state index is 12.3. The van der Waals surface area contributed by atoms with Crippen LogP contribution in [0.1, 0.15) is 46.1 Å². The van der Waals surface area contributed by atoms with Crippen molar-refractivity contribution in [1.29, 1.82) is 0 Å². The lowest BCUT2D eigenvalue weighted by molar-refractivity contribution is -0.128. The van der Waals surface area contributed by atoms with Crippen LogP contribution in [0.25, 0.3) is 11.0 Å². The number of nitrogens with one attached hydrogen (secondary N) is 3. The van der Waals surface area contributed by atoms with Gasteiger partial charge in [0, 0.05) is 25.0 Å². The average molecular weight is 523 g/mol. The van der Waals surface area contributed by atoms with Gasteiger partial charge in [0.2, 0.25) is 11.9 Å². The third-order valence-corrected chi connectivity index (χ3v) is 7.26. The number of fused-ring (bicyclic) bond motifs is 1. The number of H-pyrrole nitrogens is 1. The van der Waals surface area contributed by atoms with E-state index < -0.39 is 5.41 Å². The van der Waals surface area contributed by atoms with E-state index in [0.29, 0.717) is 33.2 Å². The molecular formula is C25H30Cl3N5O. The second kappa shape index (κ2) is 9.84. The molecule has 0 bridgehead atoms. The van der Waals surface area contributed by atoms with E-state index in [1.807, 2.05) is 39.0 Å². The monoisotopic (exact) mass is 521 g/mol. The number of nitrogens with zero attached hydrogens (tertiary/aromatic N) is 2. The van der Waals surface area contributed by atoms with Crippen molar-refractivity contribution in [3.05, 3.63) is 44.9 Å². The Hall–Kier alpha value is -2.15. The van der Waals surface area contributed by atoms with Crippen LogP contribution >= 0.6 is 34.8 Å². The first-order valence-electron chi connectivity index (χ1n) is 11.5.